The van der Waals surface area contributed by atoms with Crippen LogP contribution < -0.4 is 10.5 Å². The first-order chi connectivity index (χ1) is 8.60. The topological polar surface area (TPSA) is 48.4 Å². The van der Waals surface area contributed by atoms with Gasteiger partial charge in [0.1, 0.15) is 17.3 Å². The molecule has 0 amide bonds. The first kappa shape index (κ1) is 13.3. The molecule has 2 aromatic rings. The normalized spacial score (nSPS) is 12.4. The molecule has 0 radical (unpaired) electrons. The minimum absolute atomic E-state index is 0.287. The average molecular weight is 286 g/mol. The van der Waals surface area contributed by atoms with Crippen LogP contribution in [0, 0.1) is 6.92 Å². The van der Waals surface area contributed by atoms with Crippen molar-refractivity contribution in [1.82, 2.24) is 0 Å². The molecule has 0 fully saturated rings. The van der Waals surface area contributed by atoms with Gasteiger partial charge in [0.25, 0.3) is 0 Å². The highest BCUT2D eigenvalue weighted by molar-refractivity contribution is 6.34. The van der Waals surface area contributed by atoms with Crippen LogP contribution in [0.2, 0.25) is 10.0 Å². The molecule has 1 heterocycles. The maximum Gasteiger partial charge on any atom is 0.168 e. The van der Waals surface area contributed by atoms with E-state index in [2.05, 4.69) is 0 Å². The van der Waals surface area contributed by atoms with Gasteiger partial charge in [0.05, 0.1) is 5.02 Å². The lowest BCUT2D eigenvalue weighted by molar-refractivity contribution is 0.182. The smallest absolute Gasteiger partial charge is 0.168 e. The van der Waals surface area contributed by atoms with Gasteiger partial charge in [-0.05, 0) is 31.2 Å². The van der Waals surface area contributed by atoms with E-state index in [1.54, 1.807) is 18.2 Å². The van der Waals surface area contributed by atoms with Gasteiger partial charge in [-0.15, -0.1) is 0 Å². The number of hydrogen-bond acceptors (Lipinski definition) is 3. The maximum absolute atomic E-state index is 6.03. The van der Waals surface area contributed by atoms with Crippen molar-refractivity contribution in [2.75, 3.05) is 6.54 Å². The van der Waals surface area contributed by atoms with Gasteiger partial charge in [-0.3, -0.25) is 0 Å². The number of rotatable bonds is 4. The summed E-state index contributed by atoms with van der Waals surface area (Å²) in [5, 5.41) is 1.04. The van der Waals surface area contributed by atoms with Crippen LogP contribution >= 0.6 is 23.2 Å². The number of halogens is 2. The second kappa shape index (κ2) is 5.65. The lowest BCUT2D eigenvalue weighted by Gasteiger charge is -2.16. The summed E-state index contributed by atoms with van der Waals surface area (Å²) in [6.07, 6.45) is -0.380. The van der Waals surface area contributed by atoms with Crippen molar-refractivity contribution >= 4 is 23.2 Å². The van der Waals surface area contributed by atoms with Crippen molar-refractivity contribution in [3.8, 4) is 5.75 Å². The van der Waals surface area contributed by atoms with Crippen molar-refractivity contribution in [2.45, 2.75) is 13.0 Å². The van der Waals surface area contributed by atoms with Gasteiger partial charge < -0.3 is 14.9 Å². The molecule has 18 heavy (non-hydrogen) atoms. The zero-order chi connectivity index (χ0) is 13.1. The van der Waals surface area contributed by atoms with E-state index >= 15 is 0 Å². The van der Waals surface area contributed by atoms with E-state index in [0.717, 1.165) is 5.76 Å². The SMILES string of the molecule is Cc1ccc(C(CN)Oc2cc(Cl)ccc2Cl)o1. The van der Waals surface area contributed by atoms with Gasteiger partial charge in [0.15, 0.2) is 6.10 Å². The fourth-order valence-electron chi connectivity index (χ4n) is 1.57. The summed E-state index contributed by atoms with van der Waals surface area (Å²) in [5.41, 5.74) is 5.69. The molecular formula is C13H13Cl2NO2. The van der Waals surface area contributed by atoms with Gasteiger partial charge in [-0.1, -0.05) is 23.2 Å². The molecule has 0 aliphatic carbocycles. The van der Waals surface area contributed by atoms with Crippen LogP contribution in [0.5, 0.6) is 5.75 Å². The van der Waals surface area contributed by atoms with Crippen LogP contribution in [0.4, 0.5) is 0 Å². The largest absolute Gasteiger partial charge is 0.480 e. The molecule has 5 heteroatoms. The summed E-state index contributed by atoms with van der Waals surface area (Å²) < 4.78 is 11.2. The van der Waals surface area contributed by atoms with Crippen LogP contribution in [-0.2, 0) is 0 Å². The molecule has 0 aliphatic heterocycles. The Morgan fingerprint density at radius 3 is 2.67 bits per heavy atom. The summed E-state index contributed by atoms with van der Waals surface area (Å²) in [6, 6.07) is 8.74. The second-order valence-electron chi connectivity index (χ2n) is 3.87. The molecule has 96 valence electrons. The van der Waals surface area contributed by atoms with E-state index in [0.29, 0.717) is 21.6 Å². The van der Waals surface area contributed by atoms with Crippen molar-refractivity contribution < 1.29 is 9.15 Å². The molecule has 3 nitrogen and oxygen atoms in total. The van der Waals surface area contributed by atoms with Crippen LogP contribution in [0.1, 0.15) is 17.6 Å². The van der Waals surface area contributed by atoms with Crippen LogP contribution in [-0.4, -0.2) is 6.54 Å². The standard InChI is InChI=1S/C13H13Cl2NO2/c1-8-2-5-11(17-8)13(7-16)18-12-6-9(14)3-4-10(12)15/h2-6,13H,7,16H2,1H3. The molecule has 1 aromatic carbocycles. The third kappa shape index (κ3) is 2.99. The van der Waals surface area contributed by atoms with Crippen LogP contribution in [0.15, 0.2) is 34.7 Å². The molecule has 0 saturated heterocycles. The highest BCUT2D eigenvalue weighted by Gasteiger charge is 2.17. The van der Waals surface area contributed by atoms with Gasteiger partial charge in [-0.25, -0.2) is 0 Å². The molecule has 0 bridgehead atoms. The minimum atomic E-state index is -0.380. The number of aryl methyl sites for hydroxylation is 1. The van der Waals surface area contributed by atoms with E-state index in [-0.39, 0.29) is 12.6 Å². The Balaban J connectivity index is 2.22. The summed E-state index contributed by atoms with van der Waals surface area (Å²) in [4.78, 5) is 0. The monoisotopic (exact) mass is 285 g/mol. The molecule has 1 unspecified atom stereocenters. The molecule has 2 rings (SSSR count). The van der Waals surface area contributed by atoms with E-state index in [9.17, 15) is 0 Å². The van der Waals surface area contributed by atoms with Gasteiger partial charge in [-0.2, -0.15) is 0 Å². The first-order valence-corrected chi connectivity index (χ1v) is 6.24. The van der Waals surface area contributed by atoms with E-state index in [1.807, 2.05) is 19.1 Å². The quantitative estimate of drug-likeness (QED) is 0.925. The molecule has 0 saturated carbocycles. The van der Waals surface area contributed by atoms with E-state index < -0.39 is 0 Å². The summed E-state index contributed by atoms with van der Waals surface area (Å²) in [7, 11) is 0. The van der Waals surface area contributed by atoms with Crippen molar-refractivity contribution in [1.29, 1.82) is 0 Å². The highest BCUT2D eigenvalue weighted by Crippen LogP contribution is 2.31. The van der Waals surface area contributed by atoms with Crippen molar-refractivity contribution in [2.24, 2.45) is 5.73 Å². The Morgan fingerprint density at radius 1 is 1.28 bits per heavy atom. The molecule has 1 atom stereocenters. The third-order valence-corrected chi connectivity index (χ3v) is 3.00. The number of benzene rings is 1. The molecule has 2 N–H and O–H groups in total. The highest BCUT2D eigenvalue weighted by atomic mass is 35.5. The lowest BCUT2D eigenvalue weighted by atomic mass is 10.2. The maximum atomic E-state index is 6.03. The Hall–Kier alpha value is -1.16. The zero-order valence-corrected chi connectivity index (χ0v) is 11.3. The third-order valence-electron chi connectivity index (χ3n) is 2.46. The Bertz CT molecular complexity index is 540. The average Bonchev–Trinajstić information content (AvgIpc) is 2.77. The predicted octanol–water partition coefficient (Wildman–Crippen LogP) is 3.97. The number of furan rings is 1. The number of ether oxygens (including phenoxy) is 1. The van der Waals surface area contributed by atoms with Gasteiger partial charge in [0.2, 0.25) is 0 Å². The summed E-state index contributed by atoms with van der Waals surface area (Å²) >= 11 is 11.9. The number of hydrogen-bond donors (Lipinski definition) is 1. The van der Waals surface area contributed by atoms with E-state index in [1.165, 1.54) is 0 Å². The summed E-state index contributed by atoms with van der Waals surface area (Å²) in [5.74, 6) is 1.98. The lowest BCUT2D eigenvalue weighted by Crippen LogP contribution is -2.18. The molecule has 0 spiro atoms. The Morgan fingerprint density at radius 2 is 2.06 bits per heavy atom. The Labute approximate surface area is 115 Å². The fraction of sp³-hybridized carbons (Fsp3) is 0.231. The predicted molar refractivity (Wildman–Crippen MR) is 72.3 cm³/mol. The summed E-state index contributed by atoms with van der Waals surface area (Å²) in [6.45, 7) is 2.15. The van der Waals surface area contributed by atoms with Gasteiger partial charge >= 0.3 is 0 Å². The molecule has 1 aromatic heterocycles. The van der Waals surface area contributed by atoms with E-state index in [4.69, 9.17) is 38.1 Å². The van der Waals surface area contributed by atoms with Crippen LogP contribution in [0.3, 0.4) is 0 Å². The second-order valence-corrected chi connectivity index (χ2v) is 4.71. The number of nitrogens with two attached hydrogens (primary N) is 1. The Kier molecular flexibility index (Phi) is 4.17. The van der Waals surface area contributed by atoms with Crippen LogP contribution in [0.25, 0.3) is 0 Å². The minimum Gasteiger partial charge on any atom is -0.480 e. The van der Waals surface area contributed by atoms with Crippen molar-refractivity contribution in [3.63, 3.8) is 0 Å². The zero-order valence-electron chi connectivity index (χ0n) is 9.82. The first-order valence-electron chi connectivity index (χ1n) is 5.48. The molecular weight excluding hydrogens is 273 g/mol. The van der Waals surface area contributed by atoms with Gasteiger partial charge in [0, 0.05) is 17.6 Å². The fourth-order valence-corrected chi connectivity index (χ4v) is 1.89. The van der Waals surface area contributed by atoms with Crippen molar-refractivity contribution in [3.05, 3.63) is 51.9 Å². The molecule has 0 aliphatic rings.